The number of pyridine rings is 1. The quantitative estimate of drug-likeness (QED) is 0.812. The Morgan fingerprint density at radius 3 is 2.88 bits per heavy atom. The van der Waals surface area contributed by atoms with Crippen molar-refractivity contribution in [1.29, 1.82) is 0 Å². The molecule has 1 aliphatic rings. The Bertz CT molecular complexity index is 445. The summed E-state index contributed by atoms with van der Waals surface area (Å²) in [6.07, 6.45) is 3.01. The molecule has 82 valence electrons. The highest BCUT2D eigenvalue weighted by Gasteiger charge is 2.14. The minimum atomic E-state index is -0.389. The lowest BCUT2D eigenvalue weighted by atomic mass is 10.4. The van der Waals surface area contributed by atoms with E-state index in [4.69, 9.17) is 0 Å². The molecule has 1 aromatic rings. The second-order valence-corrected chi connectivity index (χ2v) is 4.05. The number of nitrogens with zero attached hydrogens (tertiary/aromatic N) is 1. The average Bonchev–Trinajstić information content (AvgIpc) is 2.65. The van der Waals surface area contributed by atoms with E-state index in [1.807, 2.05) is 0 Å². The Labute approximate surface area is 96.3 Å². The van der Waals surface area contributed by atoms with Crippen LogP contribution in [0.2, 0.25) is 0 Å². The summed E-state index contributed by atoms with van der Waals surface area (Å²) in [6.45, 7) is 0. The minimum Gasteiger partial charge on any atom is -0.310 e. The van der Waals surface area contributed by atoms with Gasteiger partial charge in [-0.15, -0.1) is 0 Å². The largest absolute Gasteiger partial charge is 0.324 e. The number of hydrogen-bond donors (Lipinski definition) is 2. The van der Waals surface area contributed by atoms with E-state index >= 15 is 0 Å². The highest BCUT2D eigenvalue weighted by Crippen LogP contribution is 2.16. The highest BCUT2D eigenvalue weighted by atomic mass is 32.2. The first-order valence-corrected chi connectivity index (χ1v) is 5.59. The molecule has 0 saturated carbocycles. The van der Waals surface area contributed by atoms with Gasteiger partial charge < -0.3 is 5.32 Å². The summed E-state index contributed by atoms with van der Waals surface area (Å²) in [4.78, 5) is 26.3. The third-order valence-corrected chi connectivity index (χ3v) is 2.70. The second-order valence-electron chi connectivity index (χ2n) is 3.07. The smallest absolute Gasteiger partial charge is 0.310 e. The number of hydrogen-bond acceptors (Lipinski definition) is 4. The zero-order valence-electron chi connectivity index (χ0n) is 8.27. The van der Waals surface area contributed by atoms with Crippen molar-refractivity contribution < 1.29 is 9.59 Å². The molecule has 1 aromatic heterocycles. The van der Waals surface area contributed by atoms with Gasteiger partial charge in [-0.2, -0.15) is 0 Å². The highest BCUT2D eigenvalue weighted by molar-refractivity contribution is 8.14. The van der Waals surface area contributed by atoms with E-state index in [-0.39, 0.29) is 11.1 Å². The van der Waals surface area contributed by atoms with Crippen LogP contribution in [0.3, 0.4) is 0 Å². The third-order valence-electron chi connectivity index (χ3n) is 1.84. The summed E-state index contributed by atoms with van der Waals surface area (Å²) in [5.74, 6) is 0.978. The van der Waals surface area contributed by atoms with Crippen molar-refractivity contribution in [3.05, 3.63) is 36.2 Å². The Kier molecular flexibility index (Phi) is 3.21. The number of nitrogens with one attached hydrogen (secondary N) is 2. The molecule has 2 heterocycles. The SMILES string of the molecule is O=C(NC1=CC(=O)SC1)Nc1ccccn1. The molecule has 0 radical (unpaired) electrons. The van der Waals surface area contributed by atoms with Gasteiger partial charge in [0.15, 0.2) is 0 Å². The molecule has 0 bridgehead atoms. The summed E-state index contributed by atoms with van der Waals surface area (Å²) in [5.41, 5.74) is 0.614. The van der Waals surface area contributed by atoms with Crippen molar-refractivity contribution in [2.24, 2.45) is 0 Å². The number of carbonyl (C=O) groups is 2. The number of anilines is 1. The fraction of sp³-hybridized carbons (Fsp3) is 0.100. The molecule has 2 rings (SSSR count). The van der Waals surface area contributed by atoms with Crippen LogP contribution in [0.4, 0.5) is 10.6 Å². The van der Waals surface area contributed by atoms with E-state index < -0.39 is 0 Å². The molecule has 1 aliphatic heterocycles. The van der Waals surface area contributed by atoms with Crippen LogP contribution in [0, 0.1) is 0 Å². The van der Waals surface area contributed by atoms with E-state index in [1.54, 1.807) is 24.4 Å². The Morgan fingerprint density at radius 2 is 2.25 bits per heavy atom. The summed E-state index contributed by atoms with van der Waals surface area (Å²) < 4.78 is 0. The van der Waals surface area contributed by atoms with Crippen LogP contribution in [-0.2, 0) is 4.79 Å². The van der Waals surface area contributed by atoms with Crippen LogP contribution in [0.15, 0.2) is 36.2 Å². The average molecular weight is 235 g/mol. The Hall–Kier alpha value is -1.82. The molecular weight excluding hydrogens is 226 g/mol. The number of urea groups is 1. The fourth-order valence-corrected chi connectivity index (χ4v) is 1.86. The normalized spacial score (nSPS) is 14.5. The molecule has 2 N–H and O–H groups in total. The first kappa shape index (κ1) is 10.7. The van der Waals surface area contributed by atoms with Crippen molar-refractivity contribution in [3.63, 3.8) is 0 Å². The van der Waals surface area contributed by atoms with E-state index in [9.17, 15) is 9.59 Å². The van der Waals surface area contributed by atoms with Gasteiger partial charge in [-0.1, -0.05) is 17.8 Å². The van der Waals surface area contributed by atoms with Crippen LogP contribution < -0.4 is 10.6 Å². The number of thioether (sulfide) groups is 1. The van der Waals surface area contributed by atoms with Crippen molar-refractivity contribution in [3.8, 4) is 0 Å². The first-order valence-electron chi connectivity index (χ1n) is 4.60. The molecule has 6 heteroatoms. The van der Waals surface area contributed by atoms with E-state index in [0.717, 1.165) is 11.8 Å². The molecule has 0 fully saturated rings. The molecule has 0 saturated heterocycles. The van der Waals surface area contributed by atoms with Crippen molar-refractivity contribution in [1.82, 2.24) is 10.3 Å². The van der Waals surface area contributed by atoms with Crippen LogP contribution in [0.5, 0.6) is 0 Å². The van der Waals surface area contributed by atoms with E-state index in [2.05, 4.69) is 15.6 Å². The third kappa shape index (κ3) is 2.83. The van der Waals surface area contributed by atoms with Gasteiger partial charge >= 0.3 is 6.03 Å². The van der Waals surface area contributed by atoms with Crippen LogP contribution in [0.25, 0.3) is 0 Å². The maximum absolute atomic E-state index is 11.5. The van der Waals surface area contributed by atoms with Gasteiger partial charge in [-0.25, -0.2) is 9.78 Å². The van der Waals surface area contributed by atoms with Crippen molar-refractivity contribution in [2.45, 2.75) is 0 Å². The molecule has 16 heavy (non-hydrogen) atoms. The van der Waals surface area contributed by atoms with Crippen LogP contribution >= 0.6 is 11.8 Å². The van der Waals surface area contributed by atoms with E-state index in [0.29, 0.717) is 17.3 Å². The number of carbonyl (C=O) groups excluding carboxylic acids is 2. The lowest BCUT2D eigenvalue weighted by Gasteiger charge is -2.06. The van der Waals surface area contributed by atoms with Gasteiger partial charge in [-0.05, 0) is 12.1 Å². The van der Waals surface area contributed by atoms with Gasteiger partial charge in [-0.3, -0.25) is 10.1 Å². The molecule has 0 aromatic carbocycles. The zero-order valence-corrected chi connectivity index (χ0v) is 9.08. The zero-order chi connectivity index (χ0) is 11.4. The second kappa shape index (κ2) is 4.80. The van der Waals surface area contributed by atoms with Gasteiger partial charge in [0.25, 0.3) is 0 Å². The van der Waals surface area contributed by atoms with Crippen molar-refractivity contribution in [2.75, 3.05) is 11.1 Å². The summed E-state index contributed by atoms with van der Waals surface area (Å²) in [5, 5.41) is 5.11. The lowest BCUT2D eigenvalue weighted by molar-refractivity contribution is -0.106. The molecule has 0 aliphatic carbocycles. The summed E-state index contributed by atoms with van der Waals surface area (Å²) >= 11 is 1.16. The summed E-state index contributed by atoms with van der Waals surface area (Å²) in [6, 6.07) is 4.83. The maximum atomic E-state index is 11.5. The predicted octanol–water partition coefficient (Wildman–Crippen LogP) is 1.36. The van der Waals surface area contributed by atoms with Gasteiger partial charge in [0.2, 0.25) is 5.12 Å². The summed E-state index contributed by atoms with van der Waals surface area (Å²) in [7, 11) is 0. The topological polar surface area (TPSA) is 71.1 Å². The van der Waals surface area contributed by atoms with E-state index in [1.165, 1.54) is 6.08 Å². The number of aromatic nitrogens is 1. The predicted molar refractivity (Wildman–Crippen MR) is 61.9 cm³/mol. The maximum Gasteiger partial charge on any atom is 0.324 e. The Morgan fingerprint density at radius 1 is 1.38 bits per heavy atom. The number of amides is 2. The molecule has 2 amide bonds. The molecule has 0 unspecified atom stereocenters. The van der Waals surface area contributed by atoms with Crippen LogP contribution in [-0.4, -0.2) is 21.9 Å². The Balaban J connectivity index is 1.90. The molecule has 0 atom stereocenters. The lowest BCUT2D eigenvalue weighted by Crippen LogP contribution is -2.28. The fourth-order valence-electron chi connectivity index (χ4n) is 1.18. The van der Waals surface area contributed by atoms with Gasteiger partial charge in [0, 0.05) is 23.7 Å². The van der Waals surface area contributed by atoms with Crippen LogP contribution in [0.1, 0.15) is 0 Å². The molecule has 0 spiro atoms. The molecular formula is C10H9N3O2S. The standard InChI is InChI=1S/C10H9N3O2S/c14-9-5-7(6-16-9)12-10(15)13-8-3-1-2-4-11-8/h1-5H,6H2,(H2,11,12,13,15). The monoisotopic (exact) mass is 235 g/mol. The minimum absolute atomic E-state index is 0.0341. The van der Waals surface area contributed by atoms with Crippen molar-refractivity contribution >= 4 is 28.7 Å². The number of rotatable bonds is 2. The molecule has 5 nitrogen and oxygen atoms in total. The first-order chi connectivity index (χ1) is 7.74. The van der Waals surface area contributed by atoms with Gasteiger partial charge in [0.1, 0.15) is 5.82 Å². The van der Waals surface area contributed by atoms with Gasteiger partial charge in [0.05, 0.1) is 0 Å².